The van der Waals surface area contributed by atoms with Crippen molar-refractivity contribution in [2.24, 2.45) is 0 Å². The number of carbonyl (C=O) groups excluding carboxylic acids is 1. The summed E-state index contributed by atoms with van der Waals surface area (Å²) in [5, 5.41) is 14.8. The fourth-order valence-corrected chi connectivity index (χ4v) is 2.73. The summed E-state index contributed by atoms with van der Waals surface area (Å²) >= 11 is 0. The topological polar surface area (TPSA) is 91.6 Å². The van der Waals surface area contributed by atoms with Crippen LogP contribution in [-0.2, 0) is 11.3 Å². The van der Waals surface area contributed by atoms with Gasteiger partial charge in [0.15, 0.2) is 0 Å². The normalized spacial score (nSPS) is 17.8. The fraction of sp³-hybridized carbons (Fsp3) is 0.600. The molecule has 6 nitrogen and oxygen atoms in total. The summed E-state index contributed by atoms with van der Waals surface area (Å²) in [6.07, 6.45) is 4.65. The highest BCUT2D eigenvalue weighted by Crippen LogP contribution is 2.27. The number of hydrogen-bond acceptors (Lipinski definition) is 3. The first-order chi connectivity index (χ1) is 10.0. The number of carboxylic acid groups (broad SMARTS) is 1. The standard InChI is InChI=1S/C15H22N2O4/c1-11-6-7-12(21-11)10-16-14(20)17-15(13(18)19)8-4-2-3-5-9-15/h6-7H,2-5,8-10H2,1H3,(H,18,19)(H2,16,17,20). The Morgan fingerprint density at radius 2 is 1.90 bits per heavy atom. The van der Waals surface area contributed by atoms with Crippen LogP contribution >= 0.6 is 0 Å². The van der Waals surface area contributed by atoms with Gasteiger partial charge >= 0.3 is 12.0 Å². The largest absolute Gasteiger partial charge is 0.480 e. The quantitative estimate of drug-likeness (QED) is 0.744. The number of nitrogens with one attached hydrogen (secondary N) is 2. The van der Waals surface area contributed by atoms with Crippen LogP contribution in [0.25, 0.3) is 0 Å². The predicted octanol–water partition coefficient (Wildman–Crippen LogP) is 2.56. The van der Waals surface area contributed by atoms with Crippen molar-refractivity contribution in [1.82, 2.24) is 10.6 Å². The maximum Gasteiger partial charge on any atom is 0.329 e. The van der Waals surface area contributed by atoms with Crippen LogP contribution in [0, 0.1) is 6.92 Å². The van der Waals surface area contributed by atoms with Gasteiger partial charge in [-0.3, -0.25) is 0 Å². The lowest BCUT2D eigenvalue weighted by molar-refractivity contribution is -0.145. The average Bonchev–Trinajstić information content (AvgIpc) is 2.71. The molecule has 1 aromatic rings. The highest BCUT2D eigenvalue weighted by atomic mass is 16.4. The van der Waals surface area contributed by atoms with Gasteiger partial charge in [-0.25, -0.2) is 9.59 Å². The summed E-state index contributed by atoms with van der Waals surface area (Å²) in [4.78, 5) is 23.6. The van der Waals surface area contributed by atoms with Gasteiger partial charge in [0.25, 0.3) is 0 Å². The Bertz CT molecular complexity index is 502. The highest BCUT2D eigenvalue weighted by molar-refractivity contribution is 5.86. The molecule has 6 heteroatoms. The molecule has 0 aliphatic heterocycles. The number of carboxylic acids is 1. The average molecular weight is 294 g/mol. The molecule has 0 radical (unpaired) electrons. The summed E-state index contributed by atoms with van der Waals surface area (Å²) in [7, 11) is 0. The predicted molar refractivity (Wildman–Crippen MR) is 76.9 cm³/mol. The summed E-state index contributed by atoms with van der Waals surface area (Å²) in [5.41, 5.74) is -1.14. The summed E-state index contributed by atoms with van der Waals surface area (Å²) in [5.74, 6) is 0.472. The van der Waals surface area contributed by atoms with Crippen LogP contribution in [0.2, 0.25) is 0 Å². The van der Waals surface area contributed by atoms with Crippen LogP contribution < -0.4 is 10.6 Å². The number of carbonyl (C=O) groups is 2. The van der Waals surface area contributed by atoms with E-state index >= 15 is 0 Å². The van der Waals surface area contributed by atoms with Crippen LogP contribution in [0.15, 0.2) is 16.5 Å². The molecular weight excluding hydrogens is 272 g/mol. The smallest absolute Gasteiger partial charge is 0.329 e. The van der Waals surface area contributed by atoms with E-state index in [-0.39, 0.29) is 6.54 Å². The van der Waals surface area contributed by atoms with Crippen molar-refractivity contribution >= 4 is 12.0 Å². The molecule has 1 fully saturated rings. The Kier molecular flexibility index (Phi) is 4.88. The Balaban J connectivity index is 1.93. The SMILES string of the molecule is Cc1ccc(CNC(=O)NC2(C(=O)O)CCCCCC2)o1. The molecule has 3 N–H and O–H groups in total. The minimum absolute atomic E-state index is 0.245. The molecular formula is C15H22N2O4. The molecule has 21 heavy (non-hydrogen) atoms. The molecule has 0 saturated heterocycles. The molecule has 1 aliphatic rings. The third-order valence-corrected chi connectivity index (χ3v) is 3.94. The van der Waals surface area contributed by atoms with Crippen LogP contribution in [0.4, 0.5) is 4.79 Å². The van der Waals surface area contributed by atoms with Crippen LogP contribution in [0.1, 0.15) is 50.0 Å². The van der Waals surface area contributed by atoms with Crippen LogP contribution in [0.3, 0.4) is 0 Å². The van der Waals surface area contributed by atoms with Crippen molar-refractivity contribution in [3.05, 3.63) is 23.7 Å². The Morgan fingerprint density at radius 1 is 1.24 bits per heavy atom. The Hall–Kier alpha value is -1.98. The number of amides is 2. The highest BCUT2D eigenvalue weighted by Gasteiger charge is 2.40. The molecule has 1 saturated carbocycles. The molecule has 1 aromatic heterocycles. The van der Waals surface area contributed by atoms with Crippen LogP contribution in [0.5, 0.6) is 0 Å². The maximum absolute atomic E-state index is 12.0. The third-order valence-electron chi connectivity index (χ3n) is 3.94. The molecule has 2 amide bonds. The minimum atomic E-state index is -1.14. The molecule has 0 atom stereocenters. The van der Waals surface area contributed by atoms with Crippen molar-refractivity contribution in [3.63, 3.8) is 0 Å². The first-order valence-electron chi connectivity index (χ1n) is 7.37. The van der Waals surface area contributed by atoms with Crippen LogP contribution in [-0.4, -0.2) is 22.6 Å². The fourth-order valence-electron chi connectivity index (χ4n) is 2.73. The summed E-state index contributed by atoms with van der Waals surface area (Å²) in [6, 6.07) is 3.14. The van der Waals surface area contributed by atoms with Crippen molar-refractivity contribution in [3.8, 4) is 0 Å². The second-order valence-electron chi connectivity index (χ2n) is 5.62. The van der Waals surface area contributed by atoms with Crippen molar-refractivity contribution < 1.29 is 19.1 Å². The van der Waals surface area contributed by atoms with Crippen molar-refractivity contribution in [2.75, 3.05) is 0 Å². The van der Waals surface area contributed by atoms with Gasteiger partial charge in [0.2, 0.25) is 0 Å². The monoisotopic (exact) mass is 294 g/mol. The lowest BCUT2D eigenvalue weighted by Crippen LogP contribution is -2.56. The third kappa shape index (κ3) is 4.00. The Morgan fingerprint density at radius 3 is 2.43 bits per heavy atom. The number of rotatable bonds is 4. The van der Waals surface area contributed by atoms with E-state index in [1.54, 1.807) is 6.07 Å². The first kappa shape index (κ1) is 15.4. The van der Waals surface area contributed by atoms with Crippen molar-refractivity contribution in [2.45, 2.75) is 57.5 Å². The Labute approximate surface area is 123 Å². The summed E-state index contributed by atoms with van der Waals surface area (Å²) < 4.78 is 5.36. The zero-order valence-electron chi connectivity index (χ0n) is 12.3. The minimum Gasteiger partial charge on any atom is -0.480 e. The number of hydrogen-bond donors (Lipinski definition) is 3. The number of aryl methyl sites for hydroxylation is 1. The molecule has 0 bridgehead atoms. The lowest BCUT2D eigenvalue weighted by Gasteiger charge is -2.29. The van der Waals surface area contributed by atoms with E-state index in [0.29, 0.717) is 18.6 Å². The van der Waals surface area contributed by atoms with Gasteiger partial charge < -0.3 is 20.2 Å². The molecule has 0 aromatic carbocycles. The van der Waals surface area contributed by atoms with E-state index in [0.717, 1.165) is 31.4 Å². The van der Waals surface area contributed by atoms with Gasteiger partial charge in [-0.05, 0) is 31.9 Å². The van der Waals surface area contributed by atoms with E-state index < -0.39 is 17.5 Å². The first-order valence-corrected chi connectivity index (χ1v) is 7.37. The van der Waals surface area contributed by atoms with Gasteiger partial charge in [0, 0.05) is 0 Å². The summed E-state index contributed by atoms with van der Waals surface area (Å²) in [6.45, 7) is 2.07. The van der Waals surface area contributed by atoms with E-state index in [4.69, 9.17) is 4.42 Å². The van der Waals surface area contributed by atoms with Gasteiger partial charge in [0.05, 0.1) is 6.54 Å². The molecule has 0 spiro atoms. The lowest BCUT2D eigenvalue weighted by atomic mass is 9.90. The number of aliphatic carboxylic acids is 1. The second kappa shape index (κ2) is 6.65. The van der Waals surface area contributed by atoms with E-state index in [9.17, 15) is 14.7 Å². The second-order valence-corrected chi connectivity index (χ2v) is 5.62. The van der Waals surface area contributed by atoms with E-state index in [2.05, 4.69) is 10.6 Å². The molecule has 1 heterocycles. The van der Waals surface area contributed by atoms with Crippen molar-refractivity contribution in [1.29, 1.82) is 0 Å². The van der Waals surface area contributed by atoms with E-state index in [1.807, 2.05) is 13.0 Å². The molecule has 1 aliphatic carbocycles. The number of urea groups is 1. The molecule has 2 rings (SSSR count). The molecule has 116 valence electrons. The zero-order valence-corrected chi connectivity index (χ0v) is 12.3. The van der Waals surface area contributed by atoms with Gasteiger partial charge in [-0.2, -0.15) is 0 Å². The number of furan rings is 1. The van der Waals surface area contributed by atoms with Gasteiger partial charge in [-0.15, -0.1) is 0 Å². The zero-order chi connectivity index (χ0) is 15.3. The van der Waals surface area contributed by atoms with Gasteiger partial charge in [0.1, 0.15) is 17.1 Å². The molecule has 0 unspecified atom stereocenters. The maximum atomic E-state index is 12.0. The van der Waals surface area contributed by atoms with Gasteiger partial charge in [-0.1, -0.05) is 25.7 Å². The van der Waals surface area contributed by atoms with E-state index in [1.165, 1.54) is 0 Å².